The summed E-state index contributed by atoms with van der Waals surface area (Å²) in [5.41, 5.74) is 1.06. The van der Waals surface area contributed by atoms with Gasteiger partial charge in [0.25, 0.3) is 0 Å². The topological polar surface area (TPSA) is 32.3 Å². The SMILES string of the molecule is C[C@H](C(=O)NCc1ccc(Cl)cc1)N1CCC[C@H]1c1cccs1. The van der Waals surface area contributed by atoms with Gasteiger partial charge in [0.1, 0.15) is 0 Å². The Morgan fingerprint density at radius 2 is 2.17 bits per heavy atom. The molecule has 0 unspecified atom stereocenters. The molecule has 1 aliphatic rings. The minimum Gasteiger partial charge on any atom is -0.351 e. The van der Waals surface area contributed by atoms with Crippen LogP contribution in [0.5, 0.6) is 0 Å². The molecule has 1 aromatic heterocycles. The van der Waals surface area contributed by atoms with Gasteiger partial charge in [-0.2, -0.15) is 0 Å². The number of nitrogens with zero attached hydrogens (tertiary/aromatic N) is 1. The summed E-state index contributed by atoms with van der Waals surface area (Å²) >= 11 is 7.66. The third-order valence-corrected chi connectivity index (χ3v) is 5.65. The molecule has 0 bridgehead atoms. The molecule has 2 aromatic rings. The van der Waals surface area contributed by atoms with E-state index in [-0.39, 0.29) is 11.9 Å². The summed E-state index contributed by atoms with van der Waals surface area (Å²) < 4.78 is 0. The second-order valence-corrected chi connectivity index (χ2v) is 7.35. The van der Waals surface area contributed by atoms with Gasteiger partial charge in [-0.25, -0.2) is 0 Å². The second-order valence-electron chi connectivity index (χ2n) is 5.93. The summed E-state index contributed by atoms with van der Waals surface area (Å²) in [6.07, 6.45) is 2.28. The van der Waals surface area contributed by atoms with Crippen LogP contribution >= 0.6 is 22.9 Å². The zero-order valence-corrected chi connectivity index (χ0v) is 14.7. The van der Waals surface area contributed by atoms with E-state index in [1.54, 1.807) is 11.3 Å². The molecule has 1 aliphatic heterocycles. The first-order chi connectivity index (χ1) is 11.1. The van der Waals surface area contributed by atoms with Gasteiger partial charge in [-0.3, -0.25) is 9.69 Å². The molecule has 1 fully saturated rings. The van der Waals surface area contributed by atoms with Crippen LogP contribution in [0.1, 0.15) is 36.2 Å². The average Bonchev–Trinajstić information content (AvgIpc) is 3.23. The van der Waals surface area contributed by atoms with Crippen LogP contribution in [0.3, 0.4) is 0 Å². The Balaban J connectivity index is 1.59. The highest BCUT2D eigenvalue weighted by molar-refractivity contribution is 7.10. The summed E-state index contributed by atoms with van der Waals surface area (Å²) in [5, 5.41) is 5.86. The van der Waals surface area contributed by atoms with Gasteiger partial charge in [0.05, 0.1) is 6.04 Å². The van der Waals surface area contributed by atoms with Crippen LogP contribution in [-0.4, -0.2) is 23.4 Å². The average molecular weight is 349 g/mol. The van der Waals surface area contributed by atoms with E-state index in [0.717, 1.165) is 24.9 Å². The fourth-order valence-corrected chi connectivity index (χ4v) is 4.14. The molecule has 5 heteroatoms. The second kappa shape index (κ2) is 7.47. The molecule has 1 amide bonds. The molecular weight excluding hydrogens is 328 g/mol. The van der Waals surface area contributed by atoms with E-state index in [9.17, 15) is 4.79 Å². The van der Waals surface area contributed by atoms with E-state index in [1.807, 2.05) is 31.2 Å². The highest BCUT2D eigenvalue weighted by atomic mass is 35.5. The van der Waals surface area contributed by atoms with E-state index in [4.69, 9.17) is 11.6 Å². The standard InChI is InChI=1S/C18H21ClN2OS/c1-13(18(22)20-12-14-6-8-15(19)9-7-14)21-10-2-4-16(21)17-5-3-11-23-17/h3,5-9,11,13,16H,2,4,10,12H2,1H3,(H,20,22)/t13-,16+/m1/s1. The van der Waals surface area contributed by atoms with E-state index in [0.29, 0.717) is 17.6 Å². The number of amides is 1. The molecule has 122 valence electrons. The fourth-order valence-electron chi connectivity index (χ4n) is 3.13. The van der Waals surface area contributed by atoms with Gasteiger partial charge in [0.2, 0.25) is 5.91 Å². The molecule has 1 aromatic carbocycles. The lowest BCUT2D eigenvalue weighted by atomic mass is 10.1. The van der Waals surface area contributed by atoms with Crippen molar-refractivity contribution >= 4 is 28.8 Å². The maximum absolute atomic E-state index is 12.5. The van der Waals surface area contributed by atoms with E-state index in [1.165, 1.54) is 4.88 Å². The Kier molecular flexibility index (Phi) is 5.36. The molecule has 0 aliphatic carbocycles. The molecular formula is C18H21ClN2OS. The summed E-state index contributed by atoms with van der Waals surface area (Å²) in [4.78, 5) is 16.2. The largest absolute Gasteiger partial charge is 0.351 e. The Morgan fingerprint density at radius 1 is 1.39 bits per heavy atom. The third kappa shape index (κ3) is 3.94. The summed E-state index contributed by atoms with van der Waals surface area (Å²) in [6, 6.07) is 12.1. The monoisotopic (exact) mass is 348 g/mol. The molecule has 1 saturated heterocycles. The van der Waals surface area contributed by atoms with Crippen LogP contribution in [0.4, 0.5) is 0 Å². The first-order valence-electron chi connectivity index (χ1n) is 7.96. The number of hydrogen-bond acceptors (Lipinski definition) is 3. The smallest absolute Gasteiger partial charge is 0.237 e. The molecule has 2 atom stereocenters. The van der Waals surface area contributed by atoms with Crippen molar-refractivity contribution in [2.75, 3.05) is 6.54 Å². The lowest BCUT2D eigenvalue weighted by Gasteiger charge is -2.29. The summed E-state index contributed by atoms with van der Waals surface area (Å²) in [7, 11) is 0. The van der Waals surface area contributed by atoms with Crippen molar-refractivity contribution in [1.82, 2.24) is 10.2 Å². The number of rotatable bonds is 5. The van der Waals surface area contributed by atoms with Crippen LogP contribution in [0.15, 0.2) is 41.8 Å². The van der Waals surface area contributed by atoms with Gasteiger partial charge in [-0.15, -0.1) is 11.3 Å². The number of halogens is 1. The molecule has 0 radical (unpaired) electrons. The van der Waals surface area contributed by atoms with Crippen molar-refractivity contribution in [2.24, 2.45) is 0 Å². The van der Waals surface area contributed by atoms with E-state index < -0.39 is 0 Å². The lowest BCUT2D eigenvalue weighted by molar-refractivity contribution is -0.126. The molecule has 3 nitrogen and oxygen atoms in total. The number of thiophene rings is 1. The normalized spacial score (nSPS) is 19.7. The van der Waals surface area contributed by atoms with Crippen LogP contribution in [-0.2, 0) is 11.3 Å². The van der Waals surface area contributed by atoms with Gasteiger partial charge in [0.15, 0.2) is 0 Å². The Morgan fingerprint density at radius 3 is 2.87 bits per heavy atom. The van der Waals surface area contributed by atoms with Crippen molar-refractivity contribution in [3.05, 3.63) is 57.2 Å². The van der Waals surface area contributed by atoms with Gasteiger partial charge in [0, 0.05) is 22.5 Å². The van der Waals surface area contributed by atoms with E-state index >= 15 is 0 Å². The maximum Gasteiger partial charge on any atom is 0.237 e. The Hall–Kier alpha value is -1.36. The van der Waals surface area contributed by atoms with Crippen LogP contribution in [0.25, 0.3) is 0 Å². The number of nitrogens with one attached hydrogen (secondary N) is 1. The van der Waals surface area contributed by atoms with Crippen LogP contribution < -0.4 is 5.32 Å². The fraction of sp³-hybridized carbons (Fsp3) is 0.389. The molecule has 1 N–H and O–H groups in total. The Labute approximate surface area is 146 Å². The number of benzene rings is 1. The number of hydrogen-bond donors (Lipinski definition) is 1. The predicted molar refractivity (Wildman–Crippen MR) is 95.8 cm³/mol. The van der Waals surface area contributed by atoms with Gasteiger partial charge >= 0.3 is 0 Å². The van der Waals surface area contributed by atoms with Gasteiger partial charge < -0.3 is 5.32 Å². The molecule has 23 heavy (non-hydrogen) atoms. The molecule has 3 rings (SSSR count). The summed E-state index contributed by atoms with van der Waals surface area (Å²) in [5.74, 6) is 0.0865. The van der Waals surface area contributed by atoms with Crippen molar-refractivity contribution < 1.29 is 4.79 Å². The first-order valence-corrected chi connectivity index (χ1v) is 9.22. The molecule has 0 spiro atoms. The highest BCUT2D eigenvalue weighted by Crippen LogP contribution is 2.35. The molecule has 0 saturated carbocycles. The van der Waals surface area contributed by atoms with Crippen molar-refractivity contribution in [2.45, 2.75) is 38.4 Å². The lowest BCUT2D eigenvalue weighted by Crippen LogP contribution is -2.44. The number of carbonyl (C=O) groups excluding carboxylic acids is 1. The first kappa shape index (κ1) is 16.5. The quantitative estimate of drug-likeness (QED) is 0.876. The predicted octanol–water partition coefficient (Wildman–Crippen LogP) is 4.24. The number of likely N-dealkylation sites (tertiary alicyclic amines) is 1. The maximum atomic E-state index is 12.5. The highest BCUT2D eigenvalue weighted by Gasteiger charge is 2.33. The zero-order chi connectivity index (χ0) is 16.2. The van der Waals surface area contributed by atoms with E-state index in [2.05, 4.69) is 27.7 Å². The minimum atomic E-state index is -0.114. The van der Waals surface area contributed by atoms with Crippen molar-refractivity contribution in [3.8, 4) is 0 Å². The molecule has 2 heterocycles. The zero-order valence-electron chi connectivity index (χ0n) is 13.2. The van der Waals surface area contributed by atoms with Crippen molar-refractivity contribution in [3.63, 3.8) is 0 Å². The number of carbonyl (C=O) groups is 1. The van der Waals surface area contributed by atoms with Crippen LogP contribution in [0.2, 0.25) is 5.02 Å². The minimum absolute atomic E-state index is 0.0865. The van der Waals surface area contributed by atoms with Crippen LogP contribution in [0, 0.1) is 0 Å². The van der Waals surface area contributed by atoms with Crippen molar-refractivity contribution in [1.29, 1.82) is 0 Å². The summed E-state index contributed by atoms with van der Waals surface area (Å²) in [6.45, 7) is 3.53. The van der Waals surface area contributed by atoms with Gasteiger partial charge in [-0.1, -0.05) is 29.8 Å². The Bertz CT molecular complexity index is 642. The van der Waals surface area contributed by atoms with Gasteiger partial charge in [-0.05, 0) is 55.5 Å². The third-order valence-electron chi connectivity index (χ3n) is 4.42.